The van der Waals surface area contributed by atoms with Crippen LogP contribution in [0.1, 0.15) is 80.7 Å². The van der Waals surface area contributed by atoms with Gasteiger partial charge in [0.2, 0.25) is 0 Å². The van der Waals surface area contributed by atoms with Crippen molar-refractivity contribution in [2.24, 2.45) is 5.41 Å². The number of aromatic amines is 1. The first-order valence-corrected chi connectivity index (χ1v) is 13.4. The minimum absolute atomic E-state index is 0.0303. The van der Waals surface area contributed by atoms with Crippen LogP contribution in [-0.4, -0.2) is 64.3 Å². The number of imidazole rings is 1. The van der Waals surface area contributed by atoms with Crippen LogP contribution in [0.5, 0.6) is 0 Å². The van der Waals surface area contributed by atoms with Crippen LogP contribution in [0, 0.1) is 16.7 Å². The van der Waals surface area contributed by atoms with Gasteiger partial charge in [-0.3, -0.25) is 9.69 Å². The molecule has 0 unspecified atom stereocenters. The number of allylic oxidation sites excluding steroid dienone is 2. The van der Waals surface area contributed by atoms with Crippen LogP contribution >= 0.6 is 0 Å². The molecular formula is C29H39N5O3. The second-order valence-corrected chi connectivity index (χ2v) is 11.0. The first-order chi connectivity index (χ1) is 17.8. The first kappa shape index (κ1) is 27.1. The van der Waals surface area contributed by atoms with Crippen molar-refractivity contribution in [3.8, 4) is 6.07 Å². The number of benzene rings is 1. The summed E-state index contributed by atoms with van der Waals surface area (Å²) in [6, 6.07) is 10.4. The van der Waals surface area contributed by atoms with Crippen LogP contribution in [0.4, 0.5) is 5.69 Å². The lowest BCUT2D eigenvalue weighted by atomic mass is 9.77. The summed E-state index contributed by atoms with van der Waals surface area (Å²) in [4.78, 5) is 21.5. The third-order valence-corrected chi connectivity index (χ3v) is 7.63. The normalized spacial score (nSPS) is 23.7. The zero-order valence-corrected chi connectivity index (χ0v) is 22.0. The molecule has 0 bridgehead atoms. The van der Waals surface area contributed by atoms with Crippen LogP contribution in [0.25, 0.3) is 5.57 Å². The third-order valence-electron chi connectivity index (χ3n) is 7.63. The largest absolute Gasteiger partial charge is 0.393 e. The van der Waals surface area contributed by atoms with Crippen molar-refractivity contribution in [2.45, 2.75) is 70.9 Å². The molecule has 1 saturated heterocycles. The number of nitriles is 1. The SMILES string of the molecule is CC1(C)CC=C(c2ccccc2NC(=O)c2ncc(C#N)[nH]2)CC1.OC1CCC(N2CCOCC2)CC1. The topological polar surface area (TPSA) is 114 Å². The van der Waals surface area contributed by atoms with E-state index >= 15 is 0 Å². The van der Waals surface area contributed by atoms with Gasteiger partial charge in [0.25, 0.3) is 5.91 Å². The molecule has 37 heavy (non-hydrogen) atoms. The number of para-hydroxylation sites is 1. The fraction of sp³-hybridized carbons (Fsp3) is 0.552. The van der Waals surface area contributed by atoms with E-state index in [1.54, 1.807) is 0 Å². The molecule has 1 aromatic heterocycles. The zero-order valence-electron chi connectivity index (χ0n) is 22.0. The molecule has 2 aliphatic carbocycles. The Bertz CT molecular complexity index is 1120. The standard InChI is InChI=1S/C19H20N4O.C10H19NO2/c1-19(2)9-7-13(8-10-19)15-5-3-4-6-16(15)23-18(24)17-21-12-14(11-20)22-17;12-10-3-1-9(2-4-10)11-5-7-13-8-6-11/h3-7,12H,8-10H2,1-2H3,(H,21,22)(H,23,24);9-10,12H,1-8H2. The van der Waals surface area contributed by atoms with Crippen molar-refractivity contribution >= 4 is 17.2 Å². The lowest BCUT2D eigenvalue weighted by Crippen LogP contribution is -2.45. The van der Waals surface area contributed by atoms with Gasteiger partial charge >= 0.3 is 0 Å². The summed E-state index contributed by atoms with van der Waals surface area (Å²) < 4.78 is 5.32. The number of hydrogen-bond acceptors (Lipinski definition) is 6. The quantitative estimate of drug-likeness (QED) is 0.553. The van der Waals surface area contributed by atoms with E-state index in [9.17, 15) is 9.90 Å². The number of nitrogens with one attached hydrogen (secondary N) is 2. The number of morpholine rings is 1. The van der Waals surface area contributed by atoms with Crippen molar-refractivity contribution in [1.82, 2.24) is 14.9 Å². The molecule has 1 aliphatic heterocycles. The highest BCUT2D eigenvalue weighted by Gasteiger charge is 2.26. The number of aliphatic hydroxyl groups is 1. The van der Waals surface area contributed by atoms with Crippen molar-refractivity contribution in [2.75, 3.05) is 31.6 Å². The number of H-pyrrole nitrogens is 1. The fourth-order valence-corrected chi connectivity index (χ4v) is 5.23. The molecule has 1 saturated carbocycles. The molecule has 0 spiro atoms. The number of aromatic nitrogens is 2. The highest BCUT2D eigenvalue weighted by molar-refractivity contribution is 6.03. The van der Waals surface area contributed by atoms with Crippen LogP contribution < -0.4 is 5.32 Å². The lowest BCUT2D eigenvalue weighted by Gasteiger charge is -2.37. The maximum atomic E-state index is 12.3. The minimum Gasteiger partial charge on any atom is -0.393 e. The number of carbonyl (C=O) groups excluding carboxylic acids is 1. The molecule has 5 rings (SSSR count). The average Bonchev–Trinajstić information content (AvgIpc) is 3.40. The van der Waals surface area contributed by atoms with E-state index in [2.05, 4.69) is 40.1 Å². The number of carbonyl (C=O) groups is 1. The number of amides is 1. The molecule has 2 heterocycles. The highest BCUT2D eigenvalue weighted by Crippen LogP contribution is 2.39. The molecule has 2 fully saturated rings. The fourth-order valence-electron chi connectivity index (χ4n) is 5.23. The summed E-state index contributed by atoms with van der Waals surface area (Å²) in [5.41, 5.74) is 3.69. The average molecular weight is 506 g/mol. The highest BCUT2D eigenvalue weighted by atomic mass is 16.5. The van der Waals surface area contributed by atoms with E-state index in [1.807, 2.05) is 30.3 Å². The van der Waals surface area contributed by atoms with Gasteiger partial charge in [-0.25, -0.2) is 4.98 Å². The van der Waals surface area contributed by atoms with Gasteiger partial charge in [0, 0.05) is 30.4 Å². The monoisotopic (exact) mass is 505 g/mol. The Labute approximate surface area is 219 Å². The Balaban J connectivity index is 0.000000207. The van der Waals surface area contributed by atoms with E-state index in [0.29, 0.717) is 11.5 Å². The molecule has 8 heteroatoms. The summed E-state index contributed by atoms with van der Waals surface area (Å²) >= 11 is 0. The number of anilines is 1. The second-order valence-electron chi connectivity index (χ2n) is 11.0. The van der Waals surface area contributed by atoms with E-state index in [-0.39, 0.29) is 23.5 Å². The Morgan fingerprint density at radius 1 is 1.22 bits per heavy atom. The Morgan fingerprint density at radius 3 is 2.59 bits per heavy atom. The third kappa shape index (κ3) is 7.51. The second kappa shape index (κ2) is 12.5. The molecule has 0 atom stereocenters. The van der Waals surface area contributed by atoms with Gasteiger partial charge in [0.1, 0.15) is 11.8 Å². The maximum absolute atomic E-state index is 12.3. The summed E-state index contributed by atoms with van der Waals surface area (Å²) in [5.74, 6) is -0.208. The molecule has 8 nitrogen and oxygen atoms in total. The van der Waals surface area contributed by atoms with Gasteiger partial charge < -0.3 is 20.1 Å². The van der Waals surface area contributed by atoms with Gasteiger partial charge in [0.15, 0.2) is 5.82 Å². The molecule has 1 amide bonds. The van der Waals surface area contributed by atoms with Gasteiger partial charge in [-0.2, -0.15) is 5.26 Å². The van der Waals surface area contributed by atoms with Crippen LogP contribution in [0.15, 0.2) is 36.5 Å². The number of aliphatic hydroxyl groups excluding tert-OH is 1. The number of hydrogen-bond donors (Lipinski definition) is 3. The van der Waals surface area contributed by atoms with Crippen molar-refractivity contribution in [3.63, 3.8) is 0 Å². The van der Waals surface area contributed by atoms with Crippen LogP contribution in [-0.2, 0) is 4.74 Å². The molecule has 2 aromatic rings. The predicted octanol–water partition coefficient (Wildman–Crippen LogP) is 4.75. The molecule has 3 aliphatic rings. The Morgan fingerprint density at radius 2 is 1.95 bits per heavy atom. The van der Waals surface area contributed by atoms with Gasteiger partial charge in [-0.15, -0.1) is 0 Å². The first-order valence-electron chi connectivity index (χ1n) is 13.4. The maximum Gasteiger partial charge on any atom is 0.291 e. The summed E-state index contributed by atoms with van der Waals surface area (Å²) in [6.45, 7) is 8.49. The number of rotatable bonds is 4. The minimum atomic E-state index is -0.347. The Hall–Kier alpha value is -2.99. The lowest BCUT2D eigenvalue weighted by molar-refractivity contribution is -0.00366. The predicted molar refractivity (Wildman–Crippen MR) is 144 cm³/mol. The van der Waals surface area contributed by atoms with Crippen molar-refractivity contribution in [3.05, 3.63) is 53.6 Å². The molecule has 3 N–H and O–H groups in total. The summed E-state index contributed by atoms with van der Waals surface area (Å²) in [7, 11) is 0. The van der Waals surface area contributed by atoms with Crippen molar-refractivity contribution < 1.29 is 14.6 Å². The molecule has 198 valence electrons. The van der Waals surface area contributed by atoms with Gasteiger partial charge in [0.05, 0.1) is 25.5 Å². The van der Waals surface area contributed by atoms with E-state index < -0.39 is 0 Å². The van der Waals surface area contributed by atoms with E-state index in [4.69, 9.17) is 10.00 Å². The van der Waals surface area contributed by atoms with Crippen molar-refractivity contribution in [1.29, 1.82) is 5.26 Å². The molecule has 0 radical (unpaired) electrons. The zero-order chi connectivity index (χ0) is 26.3. The Kier molecular flexibility index (Phi) is 9.14. The summed E-state index contributed by atoms with van der Waals surface area (Å²) in [6.07, 6.45) is 11.1. The van der Waals surface area contributed by atoms with E-state index in [0.717, 1.165) is 69.7 Å². The molecular weight excluding hydrogens is 466 g/mol. The van der Waals surface area contributed by atoms with Gasteiger partial charge in [-0.05, 0) is 62.0 Å². The van der Waals surface area contributed by atoms with Gasteiger partial charge in [-0.1, -0.05) is 38.1 Å². The molecule has 1 aromatic carbocycles. The smallest absolute Gasteiger partial charge is 0.291 e. The summed E-state index contributed by atoms with van der Waals surface area (Å²) in [5, 5.41) is 21.1. The number of ether oxygens (including phenoxy) is 1. The van der Waals surface area contributed by atoms with E-state index in [1.165, 1.54) is 24.6 Å². The van der Waals surface area contributed by atoms with Crippen LogP contribution in [0.2, 0.25) is 0 Å². The number of nitrogens with zero attached hydrogens (tertiary/aromatic N) is 3. The van der Waals surface area contributed by atoms with Crippen LogP contribution in [0.3, 0.4) is 0 Å².